The van der Waals surface area contributed by atoms with Crippen LogP contribution in [-0.2, 0) is 13.6 Å². The van der Waals surface area contributed by atoms with Crippen LogP contribution in [0.1, 0.15) is 31.9 Å². The van der Waals surface area contributed by atoms with Crippen LogP contribution in [0.5, 0.6) is 0 Å². The van der Waals surface area contributed by atoms with Gasteiger partial charge in [-0.3, -0.25) is 0 Å². The molecule has 2 N–H and O–H groups in total. The Labute approximate surface area is 96.9 Å². The van der Waals surface area contributed by atoms with Crippen molar-refractivity contribution in [2.45, 2.75) is 39.8 Å². The van der Waals surface area contributed by atoms with Crippen molar-refractivity contribution in [3.8, 4) is 0 Å². The summed E-state index contributed by atoms with van der Waals surface area (Å²) in [4.78, 5) is 0. The fraction of sp³-hybridized carbons (Fsp3) is 0.818. The molecule has 1 rings (SSSR count). The molecule has 0 fully saturated rings. The fourth-order valence-electron chi connectivity index (χ4n) is 1.63. The van der Waals surface area contributed by atoms with E-state index in [1.165, 1.54) is 0 Å². The molecule has 1 atom stereocenters. The standard InChI is InChI=1S/C11H22N4O/c1-8(2)5-10(7-16)12-6-11-14-13-9(3)15(11)4/h8,10,12,16H,5-7H2,1-4H3. The molecule has 0 saturated heterocycles. The Morgan fingerprint density at radius 2 is 2.06 bits per heavy atom. The molecule has 1 aromatic rings. The molecular weight excluding hydrogens is 204 g/mol. The van der Waals surface area contributed by atoms with Gasteiger partial charge in [0, 0.05) is 13.1 Å². The molecule has 5 heteroatoms. The van der Waals surface area contributed by atoms with Gasteiger partial charge in [0.2, 0.25) is 0 Å². The van der Waals surface area contributed by atoms with E-state index in [1.807, 2.05) is 18.5 Å². The molecule has 16 heavy (non-hydrogen) atoms. The number of rotatable bonds is 6. The number of hydrogen-bond acceptors (Lipinski definition) is 4. The average molecular weight is 226 g/mol. The fourth-order valence-corrected chi connectivity index (χ4v) is 1.63. The Morgan fingerprint density at radius 3 is 2.50 bits per heavy atom. The summed E-state index contributed by atoms with van der Waals surface area (Å²) in [6, 6.07) is 0.136. The number of nitrogens with zero attached hydrogens (tertiary/aromatic N) is 3. The van der Waals surface area contributed by atoms with Gasteiger partial charge in [0.05, 0.1) is 13.2 Å². The molecule has 1 aromatic heterocycles. The lowest BCUT2D eigenvalue weighted by Gasteiger charge is -2.17. The minimum absolute atomic E-state index is 0.136. The number of aromatic nitrogens is 3. The predicted molar refractivity (Wildman–Crippen MR) is 62.9 cm³/mol. The largest absolute Gasteiger partial charge is 0.395 e. The van der Waals surface area contributed by atoms with Gasteiger partial charge in [-0.2, -0.15) is 0 Å². The highest BCUT2D eigenvalue weighted by Crippen LogP contribution is 2.05. The molecule has 92 valence electrons. The van der Waals surface area contributed by atoms with Crippen LogP contribution in [0.3, 0.4) is 0 Å². The van der Waals surface area contributed by atoms with Crippen molar-refractivity contribution >= 4 is 0 Å². The number of hydrogen-bond donors (Lipinski definition) is 2. The van der Waals surface area contributed by atoms with E-state index in [4.69, 9.17) is 0 Å². The predicted octanol–water partition coefficient (Wildman–Crippen LogP) is 0.620. The van der Waals surface area contributed by atoms with Gasteiger partial charge in [-0.25, -0.2) is 0 Å². The third-order valence-corrected chi connectivity index (χ3v) is 2.71. The first-order valence-electron chi connectivity index (χ1n) is 5.73. The second-order valence-corrected chi connectivity index (χ2v) is 4.61. The van der Waals surface area contributed by atoms with Gasteiger partial charge in [0.1, 0.15) is 11.6 Å². The summed E-state index contributed by atoms with van der Waals surface area (Å²) in [5.74, 6) is 2.38. The molecule has 0 radical (unpaired) electrons. The van der Waals surface area contributed by atoms with Gasteiger partial charge in [0.15, 0.2) is 0 Å². The smallest absolute Gasteiger partial charge is 0.146 e. The SMILES string of the molecule is Cc1nnc(CNC(CO)CC(C)C)n1C. The summed E-state index contributed by atoms with van der Waals surface area (Å²) in [6.45, 7) is 7.03. The van der Waals surface area contributed by atoms with E-state index < -0.39 is 0 Å². The molecular formula is C11H22N4O. The molecule has 0 aliphatic rings. The zero-order valence-electron chi connectivity index (χ0n) is 10.6. The second-order valence-electron chi connectivity index (χ2n) is 4.61. The van der Waals surface area contributed by atoms with Crippen LogP contribution in [0.4, 0.5) is 0 Å². The Bertz CT molecular complexity index is 322. The molecule has 5 nitrogen and oxygen atoms in total. The maximum atomic E-state index is 9.22. The lowest BCUT2D eigenvalue weighted by Crippen LogP contribution is -2.34. The average Bonchev–Trinajstić information content (AvgIpc) is 2.54. The van der Waals surface area contributed by atoms with Gasteiger partial charge in [-0.05, 0) is 19.3 Å². The molecule has 1 heterocycles. The molecule has 0 bridgehead atoms. The van der Waals surface area contributed by atoms with Gasteiger partial charge in [-0.1, -0.05) is 13.8 Å². The molecule has 0 spiro atoms. The van der Waals surface area contributed by atoms with E-state index in [2.05, 4.69) is 29.4 Å². The topological polar surface area (TPSA) is 63.0 Å². The van der Waals surface area contributed by atoms with Crippen LogP contribution in [0, 0.1) is 12.8 Å². The first-order chi connectivity index (χ1) is 7.54. The summed E-state index contributed by atoms with van der Waals surface area (Å²) in [7, 11) is 1.95. The maximum absolute atomic E-state index is 9.22. The second kappa shape index (κ2) is 5.96. The summed E-state index contributed by atoms with van der Waals surface area (Å²) in [5.41, 5.74) is 0. The maximum Gasteiger partial charge on any atom is 0.146 e. The van der Waals surface area contributed by atoms with E-state index in [0.29, 0.717) is 12.5 Å². The van der Waals surface area contributed by atoms with Gasteiger partial charge >= 0.3 is 0 Å². The van der Waals surface area contributed by atoms with Gasteiger partial charge in [-0.15, -0.1) is 10.2 Å². The Balaban J connectivity index is 2.46. The molecule has 0 aromatic carbocycles. The molecule has 0 aliphatic heterocycles. The van der Waals surface area contributed by atoms with Crippen molar-refractivity contribution in [1.82, 2.24) is 20.1 Å². The van der Waals surface area contributed by atoms with Crippen molar-refractivity contribution in [1.29, 1.82) is 0 Å². The number of nitrogens with one attached hydrogen (secondary N) is 1. The van der Waals surface area contributed by atoms with Crippen LogP contribution < -0.4 is 5.32 Å². The summed E-state index contributed by atoms with van der Waals surface area (Å²) in [6.07, 6.45) is 0.966. The third-order valence-electron chi connectivity index (χ3n) is 2.71. The molecule has 1 unspecified atom stereocenters. The quantitative estimate of drug-likeness (QED) is 0.746. The van der Waals surface area contributed by atoms with E-state index in [1.54, 1.807) is 0 Å². The Kier molecular flexibility index (Phi) is 4.89. The first-order valence-corrected chi connectivity index (χ1v) is 5.73. The summed E-state index contributed by atoms with van der Waals surface area (Å²) >= 11 is 0. The van der Waals surface area contributed by atoms with Crippen molar-refractivity contribution < 1.29 is 5.11 Å². The minimum Gasteiger partial charge on any atom is -0.395 e. The van der Waals surface area contributed by atoms with Crippen LogP contribution >= 0.6 is 0 Å². The van der Waals surface area contributed by atoms with Crippen molar-refractivity contribution in [3.63, 3.8) is 0 Å². The zero-order valence-corrected chi connectivity index (χ0v) is 10.6. The van der Waals surface area contributed by atoms with Crippen LogP contribution in [0.25, 0.3) is 0 Å². The van der Waals surface area contributed by atoms with Gasteiger partial charge < -0.3 is 15.0 Å². The summed E-state index contributed by atoms with van der Waals surface area (Å²) < 4.78 is 1.96. The minimum atomic E-state index is 0.136. The number of aliphatic hydroxyl groups is 1. The lowest BCUT2D eigenvalue weighted by molar-refractivity contribution is 0.222. The lowest BCUT2D eigenvalue weighted by atomic mass is 10.0. The van der Waals surface area contributed by atoms with E-state index in [0.717, 1.165) is 18.1 Å². The summed E-state index contributed by atoms with van der Waals surface area (Å²) in [5, 5.41) is 20.6. The third kappa shape index (κ3) is 3.57. The number of aliphatic hydroxyl groups excluding tert-OH is 1. The van der Waals surface area contributed by atoms with Crippen LogP contribution in [-0.4, -0.2) is 32.5 Å². The van der Waals surface area contributed by atoms with Crippen molar-refractivity contribution in [2.24, 2.45) is 13.0 Å². The monoisotopic (exact) mass is 226 g/mol. The van der Waals surface area contributed by atoms with Crippen LogP contribution in [0.2, 0.25) is 0 Å². The molecule has 0 amide bonds. The zero-order chi connectivity index (χ0) is 12.1. The molecule has 0 saturated carbocycles. The van der Waals surface area contributed by atoms with E-state index >= 15 is 0 Å². The highest BCUT2D eigenvalue weighted by molar-refractivity contribution is 4.92. The number of aryl methyl sites for hydroxylation is 1. The van der Waals surface area contributed by atoms with Gasteiger partial charge in [0.25, 0.3) is 0 Å². The highest BCUT2D eigenvalue weighted by Gasteiger charge is 2.11. The Morgan fingerprint density at radius 1 is 1.38 bits per heavy atom. The van der Waals surface area contributed by atoms with Crippen LogP contribution in [0.15, 0.2) is 0 Å². The molecule has 0 aliphatic carbocycles. The van der Waals surface area contributed by atoms with E-state index in [9.17, 15) is 5.11 Å². The van der Waals surface area contributed by atoms with Crippen molar-refractivity contribution in [2.75, 3.05) is 6.61 Å². The van der Waals surface area contributed by atoms with E-state index in [-0.39, 0.29) is 12.6 Å². The highest BCUT2D eigenvalue weighted by atomic mass is 16.3. The Hall–Kier alpha value is -0.940. The normalized spacial score (nSPS) is 13.4. The van der Waals surface area contributed by atoms with Crippen molar-refractivity contribution in [3.05, 3.63) is 11.6 Å². The first kappa shape index (κ1) is 13.1.